The Morgan fingerprint density at radius 2 is 1.62 bits per heavy atom. The summed E-state index contributed by atoms with van der Waals surface area (Å²) >= 11 is 12.2. The minimum atomic E-state index is -3.89. The Morgan fingerprint density at radius 3 is 2.23 bits per heavy atom. The zero-order chi connectivity index (χ0) is 28.6. The van der Waals surface area contributed by atoms with Gasteiger partial charge in [-0.15, -0.1) is 0 Å². The Balaban J connectivity index is 2.05. The fraction of sp³-hybridized carbons (Fsp3) is 0.310. The molecule has 3 rings (SSSR count). The molecule has 0 saturated carbocycles. The number of nitrogens with one attached hydrogen (secondary N) is 1. The van der Waals surface area contributed by atoms with Gasteiger partial charge in [-0.05, 0) is 42.7 Å². The van der Waals surface area contributed by atoms with E-state index in [0.29, 0.717) is 6.54 Å². The molecule has 0 aliphatic heterocycles. The SMILES string of the molecule is CCCNC(=O)[C@@H](Cc1ccccc1)N(Cc1cccc(C)c1)C(=O)CN(c1ccc(Cl)c(Cl)c1)S(C)(=O)=O. The molecule has 2 amide bonds. The predicted octanol–water partition coefficient (Wildman–Crippen LogP) is 5.23. The van der Waals surface area contributed by atoms with Crippen molar-refractivity contribution in [2.75, 3.05) is 23.7 Å². The van der Waals surface area contributed by atoms with E-state index in [-0.39, 0.29) is 34.6 Å². The van der Waals surface area contributed by atoms with E-state index in [2.05, 4.69) is 5.32 Å². The molecular formula is C29H33Cl2N3O4S. The third-order valence-electron chi connectivity index (χ3n) is 6.13. The van der Waals surface area contributed by atoms with E-state index in [1.807, 2.05) is 68.4 Å². The highest BCUT2D eigenvalue weighted by Gasteiger charge is 2.33. The fourth-order valence-corrected chi connectivity index (χ4v) is 5.31. The molecule has 0 bridgehead atoms. The topological polar surface area (TPSA) is 86.8 Å². The number of aryl methyl sites for hydroxylation is 1. The highest BCUT2D eigenvalue weighted by atomic mass is 35.5. The minimum Gasteiger partial charge on any atom is -0.354 e. The van der Waals surface area contributed by atoms with Gasteiger partial charge in [0.2, 0.25) is 21.8 Å². The van der Waals surface area contributed by atoms with E-state index in [1.54, 1.807) is 0 Å². The Hall–Kier alpha value is -3.07. The monoisotopic (exact) mass is 589 g/mol. The summed E-state index contributed by atoms with van der Waals surface area (Å²) in [7, 11) is -3.89. The smallest absolute Gasteiger partial charge is 0.244 e. The van der Waals surface area contributed by atoms with Crippen LogP contribution in [0.3, 0.4) is 0 Å². The maximum absolute atomic E-state index is 14.0. The summed E-state index contributed by atoms with van der Waals surface area (Å²) in [5, 5.41) is 3.34. The lowest BCUT2D eigenvalue weighted by atomic mass is 10.0. The van der Waals surface area contributed by atoms with E-state index in [4.69, 9.17) is 23.2 Å². The first-order valence-electron chi connectivity index (χ1n) is 12.6. The van der Waals surface area contributed by atoms with E-state index in [0.717, 1.165) is 33.7 Å². The van der Waals surface area contributed by atoms with Gasteiger partial charge in [0.25, 0.3) is 0 Å². The number of rotatable bonds is 12. The number of carbonyl (C=O) groups is 2. The first kappa shape index (κ1) is 30.5. The Morgan fingerprint density at radius 1 is 0.923 bits per heavy atom. The summed E-state index contributed by atoms with van der Waals surface area (Å²) in [6, 6.07) is 20.6. The molecule has 7 nitrogen and oxygen atoms in total. The van der Waals surface area contributed by atoms with Gasteiger partial charge in [-0.1, -0.05) is 90.3 Å². The van der Waals surface area contributed by atoms with Crippen LogP contribution in [0, 0.1) is 6.92 Å². The number of hydrogen-bond donors (Lipinski definition) is 1. The van der Waals surface area contributed by atoms with Crippen molar-refractivity contribution in [3.63, 3.8) is 0 Å². The minimum absolute atomic E-state index is 0.122. The van der Waals surface area contributed by atoms with Crippen molar-refractivity contribution < 1.29 is 18.0 Å². The van der Waals surface area contributed by atoms with Crippen molar-refractivity contribution in [1.82, 2.24) is 10.2 Å². The van der Waals surface area contributed by atoms with Gasteiger partial charge in [0, 0.05) is 19.5 Å². The summed E-state index contributed by atoms with van der Waals surface area (Å²) in [5.41, 5.74) is 2.90. The van der Waals surface area contributed by atoms with Crippen LogP contribution < -0.4 is 9.62 Å². The van der Waals surface area contributed by atoms with Crippen molar-refractivity contribution in [3.8, 4) is 0 Å². The van der Waals surface area contributed by atoms with E-state index < -0.39 is 28.5 Å². The first-order valence-corrected chi connectivity index (χ1v) is 15.2. The molecule has 0 aliphatic carbocycles. The molecule has 0 aliphatic rings. The van der Waals surface area contributed by atoms with Crippen LogP contribution in [-0.4, -0.2) is 50.5 Å². The van der Waals surface area contributed by atoms with Crippen LogP contribution in [-0.2, 0) is 32.6 Å². The fourth-order valence-electron chi connectivity index (χ4n) is 4.18. The molecule has 39 heavy (non-hydrogen) atoms. The van der Waals surface area contributed by atoms with Crippen LogP contribution in [0.1, 0.15) is 30.0 Å². The van der Waals surface area contributed by atoms with Crippen LogP contribution in [0.5, 0.6) is 0 Å². The molecule has 0 saturated heterocycles. The van der Waals surface area contributed by atoms with Crippen LogP contribution in [0.25, 0.3) is 0 Å². The lowest BCUT2D eigenvalue weighted by Gasteiger charge is -2.33. The third-order valence-corrected chi connectivity index (χ3v) is 8.01. The van der Waals surface area contributed by atoms with Gasteiger partial charge in [-0.25, -0.2) is 8.42 Å². The number of anilines is 1. The second kappa shape index (κ2) is 13.8. The van der Waals surface area contributed by atoms with Gasteiger partial charge >= 0.3 is 0 Å². The first-order chi connectivity index (χ1) is 18.5. The summed E-state index contributed by atoms with van der Waals surface area (Å²) in [6.45, 7) is 3.95. The molecule has 1 N–H and O–H groups in total. The number of halogens is 2. The standard InChI is InChI=1S/C29H33Cl2N3O4S/c1-4-15-32-29(36)27(17-22-10-6-5-7-11-22)33(19-23-12-8-9-21(2)16-23)28(35)20-34(39(3,37)38)24-13-14-25(30)26(31)18-24/h5-14,16,18,27H,4,15,17,19-20H2,1-3H3,(H,32,36)/t27-/m1/s1. The highest BCUT2D eigenvalue weighted by molar-refractivity contribution is 7.92. The molecule has 0 spiro atoms. The Kier molecular flexibility index (Phi) is 10.8. The van der Waals surface area contributed by atoms with Crippen LogP contribution in [0.2, 0.25) is 10.0 Å². The van der Waals surface area contributed by atoms with Gasteiger partial charge in [-0.3, -0.25) is 13.9 Å². The summed E-state index contributed by atoms with van der Waals surface area (Å²) in [4.78, 5) is 28.9. The predicted molar refractivity (Wildman–Crippen MR) is 158 cm³/mol. The zero-order valence-electron chi connectivity index (χ0n) is 22.2. The lowest BCUT2D eigenvalue weighted by molar-refractivity contribution is -0.140. The van der Waals surface area contributed by atoms with Crippen molar-refractivity contribution in [1.29, 1.82) is 0 Å². The second-order valence-electron chi connectivity index (χ2n) is 9.38. The maximum Gasteiger partial charge on any atom is 0.244 e. The normalized spacial score (nSPS) is 12.0. The molecule has 3 aromatic rings. The lowest BCUT2D eigenvalue weighted by Crippen LogP contribution is -2.53. The molecule has 208 valence electrons. The zero-order valence-corrected chi connectivity index (χ0v) is 24.6. The number of carbonyl (C=O) groups excluding carboxylic acids is 2. The molecule has 1 atom stereocenters. The summed E-state index contributed by atoms with van der Waals surface area (Å²) in [6.07, 6.45) is 2.01. The second-order valence-corrected chi connectivity index (χ2v) is 12.1. The van der Waals surface area contributed by atoms with Gasteiger partial charge in [0.15, 0.2) is 0 Å². The van der Waals surface area contributed by atoms with Crippen molar-refractivity contribution in [2.45, 2.75) is 39.3 Å². The Bertz CT molecular complexity index is 1400. The number of sulfonamides is 1. The van der Waals surface area contributed by atoms with E-state index in [9.17, 15) is 18.0 Å². The van der Waals surface area contributed by atoms with Gasteiger partial charge in [-0.2, -0.15) is 0 Å². The average molecular weight is 591 g/mol. The largest absolute Gasteiger partial charge is 0.354 e. The highest BCUT2D eigenvalue weighted by Crippen LogP contribution is 2.29. The molecule has 10 heteroatoms. The average Bonchev–Trinajstić information content (AvgIpc) is 2.89. The number of nitrogens with zero attached hydrogens (tertiary/aromatic N) is 2. The van der Waals surface area contributed by atoms with Crippen LogP contribution >= 0.6 is 23.2 Å². The molecule has 0 aromatic heterocycles. The molecular weight excluding hydrogens is 557 g/mol. The number of hydrogen-bond acceptors (Lipinski definition) is 4. The quantitative estimate of drug-likeness (QED) is 0.313. The van der Waals surface area contributed by atoms with Crippen LogP contribution in [0.4, 0.5) is 5.69 Å². The van der Waals surface area contributed by atoms with Crippen molar-refractivity contribution in [3.05, 3.63) is 99.5 Å². The maximum atomic E-state index is 14.0. The van der Waals surface area contributed by atoms with Gasteiger partial charge in [0.1, 0.15) is 12.6 Å². The van der Waals surface area contributed by atoms with Crippen molar-refractivity contribution in [2.24, 2.45) is 0 Å². The van der Waals surface area contributed by atoms with E-state index >= 15 is 0 Å². The van der Waals surface area contributed by atoms with Gasteiger partial charge < -0.3 is 10.2 Å². The number of benzene rings is 3. The van der Waals surface area contributed by atoms with Crippen LogP contribution in [0.15, 0.2) is 72.8 Å². The molecule has 3 aromatic carbocycles. The Labute approximate surface area is 240 Å². The third kappa shape index (κ3) is 8.71. The summed E-state index contributed by atoms with van der Waals surface area (Å²) < 4.78 is 26.6. The van der Waals surface area contributed by atoms with Gasteiger partial charge in [0.05, 0.1) is 22.0 Å². The van der Waals surface area contributed by atoms with Crippen molar-refractivity contribution >= 4 is 50.7 Å². The molecule has 0 radical (unpaired) electrons. The summed E-state index contributed by atoms with van der Waals surface area (Å²) in [5.74, 6) is -0.831. The molecule has 0 heterocycles. The molecule has 0 unspecified atom stereocenters. The molecule has 0 fully saturated rings. The number of amides is 2. The van der Waals surface area contributed by atoms with E-state index in [1.165, 1.54) is 23.1 Å².